The molecule has 9 heteroatoms. The number of carbonyl (C=O) groups is 2. The van der Waals surface area contributed by atoms with Gasteiger partial charge in [-0.1, -0.05) is 0 Å². The molecular weight excluding hydrogens is 286 g/mol. The van der Waals surface area contributed by atoms with Gasteiger partial charge in [-0.3, -0.25) is 4.79 Å². The highest BCUT2D eigenvalue weighted by Gasteiger charge is 2.19. The van der Waals surface area contributed by atoms with Crippen molar-refractivity contribution in [2.24, 2.45) is 0 Å². The molecule has 0 radical (unpaired) electrons. The zero-order chi connectivity index (χ0) is 14.7. The highest BCUT2D eigenvalue weighted by Crippen LogP contribution is 2.24. The van der Waals surface area contributed by atoms with Gasteiger partial charge in [0.05, 0.1) is 5.69 Å². The van der Waals surface area contributed by atoms with Crippen molar-refractivity contribution in [3.05, 3.63) is 23.1 Å². The highest BCUT2D eigenvalue weighted by molar-refractivity contribution is 7.11. The van der Waals surface area contributed by atoms with Crippen molar-refractivity contribution in [2.45, 2.75) is 13.8 Å². The van der Waals surface area contributed by atoms with E-state index in [0.29, 0.717) is 11.5 Å². The molecule has 2 N–H and O–H groups in total. The predicted octanol–water partition coefficient (Wildman–Crippen LogP) is 1.46. The molecule has 2 aromatic rings. The predicted molar refractivity (Wildman–Crippen MR) is 69.2 cm³/mol. The maximum atomic E-state index is 11.7. The molecule has 0 atom stereocenters. The molecule has 0 aliphatic rings. The first-order valence-corrected chi connectivity index (χ1v) is 6.30. The molecule has 0 aromatic carbocycles. The molecule has 0 fully saturated rings. The van der Waals surface area contributed by atoms with E-state index in [9.17, 15) is 9.59 Å². The van der Waals surface area contributed by atoms with E-state index in [1.54, 1.807) is 13.8 Å². The minimum absolute atomic E-state index is 0.0133. The number of hydrogen-bond acceptors (Lipinski definition) is 7. The van der Waals surface area contributed by atoms with E-state index >= 15 is 0 Å². The van der Waals surface area contributed by atoms with Gasteiger partial charge in [0.1, 0.15) is 16.3 Å². The summed E-state index contributed by atoms with van der Waals surface area (Å²) in [6.45, 7) is 2.95. The molecule has 0 saturated heterocycles. The molecule has 106 valence electrons. The van der Waals surface area contributed by atoms with Gasteiger partial charge in [-0.2, -0.15) is 4.37 Å². The average Bonchev–Trinajstić information content (AvgIpc) is 2.93. The van der Waals surface area contributed by atoms with Crippen molar-refractivity contribution in [1.29, 1.82) is 0 Å². The number of anilines is 1. The number of rotatable bonds is 5. The fourth-order valence-corrected chi connectivity index (χ4v) is 2.23. The van der Waals surface area contributed by atoms with E-state index in [2.05, 4.69) is 14.8 Å². The highest BCUT2D eigenvalue weighted by atomic mass is 32.1. The summed E-state index contributed by atoms with van der Waals surface area (Å²) < 4.78 is 13.8. The van der Waals surface area contributed by atoms with E-state index < -0.39 is 11.9 Å². The van der Waals surface area contributed by atoms with E-state index in [1.807, 2.05) is 0 Å². The van der Waals surface area contributed by atoms with Crippen LogP contribution < -0.4 is 10.1 Å². The number of ether oxygens (including phenoxy) is 1. The molecule has 0 bridgehead atoms. The topological polar surface area (TPSA) is 115 Å². The Morgan fingerprint density at radius 2 is 2.25 bits per heavy atom. The van der Waals surface area contributed by atoms with Crippen molar-refractivity contribution < 1.29 is 24.0 Å². The van der Waals surface area contributed by atoms with E-state index in [0.717, 1.165) is 11.5 Å². The first-order chi connectivity index (χ1) is 9.47. The van der Waals surface area contributed by atoms with Gasteiger partial charge in [-0.05, 0) is 30.5 Å². The molecule has 0 aliphatic carbocycles. The molecule has 0 spiro atoms. The van der Waals surface area contributed by atoms with Crippen LogP contribution in [0.25, 0.3) is 0 Å². The number of carboxylic acid groups (broad SMARTS) is 1. The number of nitrogens with zero attached hydrogens (tertiary/aromatic N) is 2. The number of amides is 1. The second-order valence-electron chi connectivity index (χ2n) is 3.89. The molecule has 0 unspecified atom stereocenters. The maximum Gasteiger partial charge on any atom is 0.340 e. The number of carbonyl (C=O) groups excluding carboxylic acids is 1. The van der Waals surface area contributed by atoms with Crippen molar-refractivity contribution in [1.82, 2.24) is 9.53 Å². The van der Waals surface area contributed by atoms with Crippen LogP contribution in [0, 0.1) is 13.8 Å². The van der Waals surface area contributed by atoms with Gasteiger partial charge in [0.2, 0.25) is 0 Å². The molecule has 8 nitrogen and oxygen atoms in total. The van der Waals surface area contributed by atoms with Crippen LogP contribution in [0.1, 0.15) is 21.8 Å². The van der Waals surface area contributed by atoms with Gasteiger partial charge in [-0.25, -0.2) is 4.79 Å². The lowest BCUT2D eigenvalue weighted by Crippen LogP contribution is -2.20. The molecule has 2 heterocycles. The zero-order valence-corrected chi connectivity index (χ0v) is 11.5. The molecule has 0 saturated carbocycles. The summed E-state index contributed by atoms with van der Waals surface area (Å²) in [5.41, 5.74) is 0.339. The number of aryl methyl sites for hydroxylation is 2. The summed E-state index contributed by atoms with van der Waals surface area (Å²) in [5.74, 6) is -0.889. The van der Waals surface area contributed by atoms with E-state index in [-0.39, 0.29) is 23.1 Å². The third kappa shape index (κ3) is 3.12. The van der Waals surface area contributed by atoms with Crippen LogP contribution in [0.4, 0.5) is 5.00 Å². The normalized spacial score (nSPS) is 10.3. The quantitative estimate of drug-likeness (QED) is 0.858. The Labute approximate surface area is 117 Å². The molecule has 2 rings (SSSR count). The lowest BCUT2D eigenvalue weighted by Gasteiger charge is -2.03. The Balaban J connectivity index is 1.96. The van der Waals surface area contributed by atoms with Crippen LogP contribution in [0.5, 0.6) is 5.88 Å². The molecule has 1 amide bonds. The van der Waals surface area contributed by atoms with Crippen LogP contribution in [-0.4, -0.2) is 33.1 Å². The van der Waals surface area contributed by atoms with E-state index in [1.165, 1.54) is 6.07 Å². The standard InChI is InChI=1S/C11H11N3O5S/c1-5-3-8(13-19-5)18-4-7(15)12-10-9(11(16)17)6(2)14-20-10/h3H,4H2,1-2H3,(H,12,15)(H,16,17). The largest absolute Gasteiger partial charge is 0.478 e. The Morgan fingerprint density at radius 3 is 2.85 bits per heavy atom. The second kappa shape index (κ2) is 5.70. The Hall–Kier alpha value is -2.42. The van der Waals surface area contributed by atoms with Gasteiger partial charge in [0, 0.05) is 6.07 Å². The number of hydrogen-bond donors (Lipinski definition) is 2. The third-order valence-electron chi connectivity index (χ3n) is 2.29. The lowest BCUT2D eigenvalue weighted by molar-refractivity contribution is -0.118. The summed E-state index contributed by atoms with van der Waals surface area (Å²) >= 11 is 0.906. The third-order valence-corrected chi connectivity index (χ3v) is 3.14. The summed E-state index contributed by atoms with van der Waals surface area (Å²) in [6, 6.07) is 1.53. The minimum atomic E-state index is -1.14. The van der Waals surface area contributed by atoms with E-state index in [4.69, 9.17) is 14.4 Å². The van der Waals surface area contributed by atoms with Gasteiger partial charge in [0.25, 0.3) is 11.8 Å². The van der Waals surface area contributed by atoms with Gasteiger partial charge < -0.3 is 19.7 Å². The summed E-state index contributed by atoms with van der Waals surface area (Å²) in [7, 11) is 0. The second-order valence-corrected chi connectivity index (χ2v) is 4.66. The number of aromatic nitrogens is 2. The molecule has 2 aromatic heterocycles. The van der Waals surface area contributed by atoms with Crippen LogP contribution in [0.15, 0.2) is 10.6 Å². The summed E-state index contributed by atoms with van der Waals surface area (Å²) in [4.78, 5) is 22.7. The minimum Gasteiger partial charge on any atom is -0.478 e. The number of nitrogens with one attached hydrogen (secondary N) is 1. The Morgan fingerprint density at radius 1 is 1.50 bits per heavy atom. The molecule has 20 heavy (non-hydrogen) atoms. The van der Waals surface area contributed by atoms with Gasteiger partial charge in [0.15, 0.2) is 6.61 Å². The van der Waals surface area contributed by atoms with Crippen molar-refractivity contribution in [3.8, 4) is 5.88 Å². The van der Waals surface area contributed by atoms with Crippen LogP contribution >= 0.6 is 11.5 Å². The SMILES string of the molecule is Cc1cc(OCC(=O)Nc2snc(C)c2C(=O)O)no1. The van der Waals surface area contributed by atoms with Gasteiger partial charge >= 0.3 is 5.97 Å². The Kier molecular flexibility index (Phi) is 3.99. The molecular formula is C11H11N3O5S. The van der Waals surface area contributed by atoms with Crippen molar-refractivity contribution in [3.63, 3.8) is 0 Å². The first kappa shape index (κ1) is 14.0. The zero-order valence-electron chi connectivity index (χ0n) is 10.7. The smallest absolute Gasteiger partial charge is 0.340 e. The van der Waals surface area contributed by atoms with Crippen molar-refractivity contribution >= 4 is 28.4 Å². The fraction of sp³-hybridized carbons (Fsp3) is 0.273. The van der Waals surface area contributed by atoms with Crippen molar-refractivity contribution in [2.75, 3.05) is 11.9 Å². The number of carboxylic acids is 1. The lowest BCUT2D eigenvalue weighted by atomic mass is 10.2. The van der Waals surface area contributed by atoms with Crippen LogP contribution in [-0.2, 0) is 4.79 Å². The van der Waals surface area contributed by atoms with Gasteiger partial charge in [-0.15, -0.1) is 0 Å². The fourth-order valence-electron chi connectivity index (χ4n) is 1.42. The summed E-state index contributed by atoms with van der Waals surface area (Å²) in [6.07, 6.45) is 0. The molecule has 0 aliphatic heterocycles. The van der Waals surface area contributed by atoms with Crippen LogP contribution in [0.3, 0.4) is 0 Å². The summed E-state index contributed by atoms with van der Waals surface area (Å²) in [5, 5.41) is 15.2. The number of aromatic carboxylic acids is 1. The monoisotopic (exact) mass is 297 g/mol. The first-order valence-electron chi connectivity index (χ1n) is 5.53. The Bertz CT molecular complexity index is 648. The average molecular weight is 297 g/mol. The maximum absolute atomic E-state index is 11.7. The van der Waals surface area contributed by atoms with Crippen LogP contribution in [0.2, 0.25) is 0 Å².